The number of nitrogens with zero attached hydrogens (tertiary/aromatic N) is 2. The van der Waals surface area contributed by atoms with Gasteiger partial charge in [-0.2, -0.15) is 0 Å². The zero-order chi connectivity index (χ0) is 25.0. The lowest BCUT2D eigenvalue weighted by Gasteiger charge is -2.18. The minimum absolute atomic E-state index is 0.102. The molecule has 8 atom stereocenters. The van der Waals surface area contributed by atoms with Crippen LogP contribution in [0.2, 0.25) is 0 Å². The van der Waals surface area contributed by atoms with Gasteiger partial charge in [-0.25, -0.2) is 0 Å². The van der Waals surface area contributed by atoms with E-state index in [2.05, 4.69) is 24.3 Å². The molecule has 2 saturated carbocycles. The smallest absolute Gasteiger partial charge is 0.238 e. The van der Waals surface area contributed by atoms with E-state index in [1.54, 1.807) is 48.5 Å². The molecular formula is C30H24N2O5. The second-order valence-corrected chi connectivity index (χ2v) is 11.1. The number of anilines is 2. The first-order valence-electron chi connectivity index (χ1n) is 13.0. The van der Waals surface area contributed by atoms with E-state index in [0.717, 1.165) is 12.8 Å². The van der Waals surface area contributed by atoms with Gasteiger partial charge in [0.25, 0.3) is 0 Å². The Labute approximate surface area is 213 Å². The van der Waals surface area contributed by atoms with Crippen LogP contribution < -0.4 is 14.5 Å². The van der Waals surface area contributed by atoms with Crippen molar-refractivity contribution >= 4 is 35.0 Å². The molecule has 37 heavy (non-hydrogen) atoms. The molecule has 4 fully saturated rings. The van der Waals surface area contributed by atoms with Crippen LogP contribution in [0.1, 0.15) is 12.8 Å². The van der Waals surface area contributed by atoms with Gasteiger partial charge < -0.3 is 4.74 Å². The van der Waals surface area contributed by atoms with Crippen LogP contribution in [0, 0.1) is 47.3 Å². The van der Waals surface area contributed by atoms with Gasteiger partial charge in [0.05, 0.1) is 35.0 Å². The molecule has 6 aliphatic rings. The van der Waals surface area contributed by atoms with Crippen molar-refractivity contribution in [1.82, 2.24) is 0 Å². The third-order valence-electron chi connectivity index (χ3n) is 9.37. The maximum atomic E-state index is 13.0. The minimum Gasteiger partial charge on any atom is -0.457 e. The predicted octanol–water partition coefficient (Wildman–Crippen LogP) is 4.10. The molecule has 0 radical (unpaired) electrons. The molecule has 2 aromatic carbocycles. The summed E-state index contributed by atoms with van der Waals surface area (Å²) in [5.41, 5.74) is 1.12. The van der Waals surface area contributed by atoms with E-state index in [1.807, 2.05) is 0 Å². The van der Waals surface area contributed by atoms with E-state index >= 15 is 0 Å². The summed E-state index contributed by atoms with van der Waals surface area (Å²) in [5, 5.41) is 0. The highest BCUT2D eigenvalue weighted by atomic mass is 16.5. The molecule has 0 aromatic heterocycles. The molecule has 4 amide bonds. The third kappa shape index (κ3) is 2.77. The fourth-order valence-corrected chi connectivity index (χ4v) is 7.78. The average Bonchev–Trinajstić information content (AvgIpc) is 3.74. The Morgan fingerprint density at radius 3 is 1.08 bits per heavy atom. The number of hydrogen-bond acceptors (Lipinski definition) is 5. The van der Waals surface area contributed by atoms with Crippen LogP contribution in [0.5, 0.6) is 11.5 Å². The van der Waals surface area contributed by atoms with Crippen molar-refractivity contribution < 1.29 is 23.9 Å². The van der Waals surface area contributed by atoms with Crippen molar-refractivity contribution in [2.24, 2.45) is 47.3 Å². The first-order chi connectivity index (χ1) is 18.0. The number of hydrogen-bond donors (Lipinski definition) is 0. The summed E-state index contributed by atoms with van der Waals surface area (Å²) >= 11 is 0. The lowest BCUT2D eigenvalue weighted by molar-refractivity contribution is -0.124. The van der Waals surface area contributed by atoms with Gasteiger partial charge in [-0.3, -0.25) is 29.0 Å². The normalized spacial score (nSPS) is 36.3. The Balaban J connectivity index is 0.973. The van der Waals surface area contributed by atoms with Crippen LogP contribution in [0.3, 0.4) is 0 Å². The Morgan fingerprint density at radius 2 is 0.784 bits per heavy atom. The summed E-state index contributed by atoms with van der Waals surface area (Å²) in [6.45, 7) is 0. The summed E-state index contributed by atoms with van der Waals surface area (Å²) in [7, 11) is 0. The SMILES string of the molecule is O=C1[C@@H]2[C@H](C(=O)N1c1ccc(Oc3ccc(N4C(=O)[C@@H]5[C@H](C4=O)[C@@H]4C=C[C@H]5C4)cc3)cc1)[C@@H]1C=C[C@H]2C1. The molecule has 2 aromatic rings. The highest BCUT2D eigenvalue weighted by Crippen LogP contribution is 2.54. The van der Waals surface area contributed by atoms with Crippen LogP contribution in [0.4, 0.5) is 11.4 Å². The summed E-state index contributed by atoms with van der Waals surface area (Å²) in [6, 6.07) is 13.9. The van der Waals surface area contributed by atoms with Gasteiger partial charge in [-0.15, -0.1) is 0 Å². The van der Waals surface area contributed by atoms with Crippen molar-refractivity contribution in [2.45, 2.75) is 12.8 Å². The molecule has 0 spiro atoms. The standard InChI is InChI=1S/C30H24N2O5/c33-27-23-15-1-2-16(13-15)24(23)28(34)31(27)19-5-9-21(10-6-19)37-22-11-7-20(8-12-22)32-29(35)25-17-3-4-18(14-17)26(25)30(32)36/h1-12,15-18,23-26H,13-14H2/t15-,16+,17-,18+,23-,24+,25-,26+. The summed E-state index contributed by atoms with van der Waals surface area (Å²) in [5.74, 6) is 0.531. The van der Waals surface area contributed by atoms with Crippen LogP contribution in [-0.2, 0) is 19.2 Å². The van der Waals surface area contributed by atoms with E-state index in [0.29, 0.717) is 22.9 Å². The van der Waals surface area contributed by atoms with Gasteiger partial charge in [0, 0.05) is 0 Å². The Hall–Kier alpha value is -4.00. The lowest BCUT2D eigenvalue weighted by Crippen LogP contribution is -2.32. The highest BCUT2D eigenvalue weighted by molar-refractivity contribution is 6.23. The molecule has 8 rings (SSSR count). The van der Waals surface area contributed by atoms with Crippen molar-refractivity contribution in [3.8, 4) is 11.5 Å². The first kappa shape index (κ1) is 21.1. The minimum atomic E-state index is -0.225. The molecule has 4 bridgehead atoms. The van der Waals surface area contributed by atoms with E-state index in [1.165, 1.54) is 9.80 Å². The molecule has 0 N–H and O–H groups in total. The second kappa shape index (κ2) is 7.28. The fraction of sp³-hybridized carbons (Fsp3) is 0.333. The number of fused-ring (bicyclic) bond motifs is 10. The van der Waals surface area contributed by atoms with Crippen molar-refractivity contribution in [2.75, 3.05) is 9.80 Å². The Kier molecular flexibility index (Phi) is 4.15. The van der Waals surface area contributed by atoms with Gasteiger partial charge in [0.2, 0.25) is 23.6 Å². The number of amides is 4. The molecule has 2 saturated heterocycles. The molecule has 4 aliphatic carbocycles. The van der Waals surface area contributed by atoms with Crippen molar-refractivity contribution in [1.29, 1.82) is 0 Å². The number of carbonyl (C=O) groups is 4. The molecule has 0 unspecified atom stereocenters. The number of allylic oxidation sites excluding steroid dienone is 4. The van der Waals surface area contributed by atoms with Gasteiger partial charge in [0.1, 0.15) is 11.5 Å². The van der Waals surface area contributed by atoms with E-state index in [-0.39, 0.29) is 71.0 Å². The maximum absolute atomic E-state index is 13.0. The molecular weight excluding hydrogens is 468 g/mol. The van der Waals surface area contributed by atoms with Gasteiger partial charge >= 0.3 is 0 Å². The van der Waals surface area contributed by atoms with Crippen molar-refractivity contribution in [3.63, 3.8) is 0 Å². The second-order valence-electron chi connectivity index (χ2n) is 11.1. The molecule has 7 heteroatoms. The number of benzene rings is 2. The van der Waals surface area contributed by atoms with E-state index < -0.39 is 0 Å². The monoisotopic (exact) mass is 492 g/mol. The third-order valence-corrected chi connectivity index (χ3v) is 9.37. The van der Waals surface area contributed by atoms with Crippen LogP contribution >= 0.6 is 0 Å². The zero-order valence-corrected chi connectivity index (χ0v) is 19.9. The van der Waals surface area contributed by atoms with Crippen LogP contribution in [0.25, 0.3) is 0 Å². The molecule has 7 nitrogen and oxygen atoms in total. The zero-order valence-electron chi connectivity index (χ0n) is 19.9. The molecule has 2 heterocycles. The molecule has 2 aliphatic heterocycles. The predicted molar refractivity (Wildman–Crippen MR) is 133 cm³/mol. The summed E-state index contributed by atoms with van der Waals surface area (Å²) in [6.07, 6.45) is 10.2. The van der Waals surface area contributed by atoms with Crippen LogP contribution in [-0.4, -0.2) is 23.6 Å². The van der Waals surface area contributed by atoms with E-state index in [9.17, 15) is 19.2 Å². The first-order valence-corrected chi connectivity index (χ1v) is 13.0. The van der Waals surface area contributed by atoms with E-state index in [4.69, 9.17) is 4.74 Å². The number of ether oxygens (including phenoxy) is 1. The topological polar surface area (TPSA) is 84.0 Å². The number of rotatable bonds is 4. The highest BCUT2D eigenvalue weighted by Gasteiger charge is 2.60. The maximum Gasteiger partial charge on any atom is 0.238 e. The number of carbonyl (C=O) groups excluding carboxylic acids is 4. The summed E-state index contributed by atoms with van der Waals surface area (Å²) < 4.78 is 5.96. The van der Waals surface area contributed by atoms with Crippen LogP contribution in [0.15, 0.2) is 72.8 Å². The lowest BCUT2D eigenvalue weighted by atomic mass is 9.85. The Bertz CT molecular complexity index is 1270. The molecule has 184 valence electrons. The largest absolute Gasteiger partial charge is 0.457 e. The summed E-state index contributed by atoms with van der Waals surface area (Å²) in [4.78, 5) is 54.8. The number of imide groups is 2. The average molecular weight is 493 g/mol. The van der Waals surface area contributed by atoms with Crippen molar-refractivity contribution in [3.05, 3.63) is 72.8 Å². The van der Waals surface area contributed by atoms with Gasteiger partial charge in [-0.1, -0.05) is 24.3 Å². The van der Waals surface area contributed by atoms with Gasteiger partial charge in [0.15, 0.2) is 0 Å². The fourth-order valence-electron chi connectivity index (χ4n) is 7.78. The Morgan fingerprint density at radius 1 is 0.486 bits per heavy atom. The van der Waals surface area contributed by atoms with Gasteiger partial charge in [-0.05, 0) is 85.0 Å². The quantitative estimate of drug-likeness (QED) is 0.474.